The smallest absolute Gasteiger partial charge is 0.359 e. The van der Waals surface area contributed by atoms with Crippen LogP contribution in [-0.4, -0.2) is 25.1 Å². The highest BCUT2D eigenvalue weighted by atomic mass is 16.5. The molecule has 26 heavy (non-hydrogen) atoms. The molecule has 0 N–H and O–H groups in total. The number of imidazole rings is 1. The molecule has 0 fully saturated rings. The lowest BCUT2D eigenvalue weighted by Gasteiger charge is -2.09. The molecule has 7 heteroatoms. The Labute approximate surface area is 148 Å². The average Bonchev–Trinajstić information content (AvgIpc) is 3.09. The third kappa shape index (κ3) is 2.73. The molecule has 130 valence electrons. The topological polar surface area (TPSA) is 78.5 Å². The molecule has 4 rings (SSSR count). The molecule has 0 saturated carbocycles. The van der Waals surface area contributed by atoms with Crippen LogP contribution in [0.5, 0.6) is 0 Å². The molecule has 0 spiro atoms. The monoisotopic (exact) mass is 348 g/mol. The Morgan fingerprint density at radius 3 is 2.65 bits per heavy atom. The third-order valence-corrected chi connectivity index (χ3v) is 4.13. The zero-order valence-corrected chi connectivity index (χ0v) is 14.1. The van der Waals surface area contributed by atoms with E-state index in [4.69, 9.17) is 4.74 Å². The van der Waals surface area contributed by atoms with Crippen LogP contribution in [-0.2, 0) is 17.9 Å². The van der Waals surface area contributed by atoms with Crippen molar-refractivity contribution >= 4 is 22.4 Å². The number of ether oxygens (including phenoxy) is 1. The van der Waals surface area contributed by atoms with Crippen molar-refractivity contribution in [3.05, 3.63) is 76.6 Å². The van der Waals surface area contributed by atoms with E-state index in [1.54, 1.807) is 37.4 Å². The van der Waals surface area contributed by atoms with E-state index in [1.807, 2.05) is 28.8 Å². The van der Waals surface area contributed by atoms with Crippen LogP contribution < -0.4 is 5.56 Å². The number of esters is 1. The molecule has 3 heterocycles. The Balaban J connectivity index is 1.65. The lowest BCUT2D eigenvalue weighted by Crippen LogP contribution is -2.25. The first-order chi connectivity index (χ1) is 12.7. The Morgan fingerprint density at radius 2 is 1.88 bits per heavy atom. The second-order valence-corrected chi connectivity index (χ2v) is 5.79. The fourth-order valence-corrected chi connectivity index (χ4v) is 2.86. The maximum absolute atomic E-state index is 12.6. The molecule has 7 nitrogen and oxygen atoms in total. The summed E-state index contributed by atoms with van der Waals surface area (Å²) in [5.41, 5.74) is 1.32. The van der Waals surface area contributed by atoms with Gasteiger partial charge < -0.3 is 9.14 Å². The third-order valence-electron chi connectivity index (χ3n) is 4.13. The van der Waals surface area contributed by atoms with E-state index in [0.717, 1.165) is 5.65 Å². The van der Waals surface area contributed by atoms with Crippen molar-refractivity contribution in [1.82, 2.24) is 19.2 Å². The van der Waals surface area contributed by atoms with Gasteiger partial charge in [-0.1, -0.05) is 24.3 Å². The SMILES string of the molecule is CCn1nc(C(=O)OCc2cn3ccccc3n2)c2ccccc2c1=O. The molecule has 1 aromatic carbocycles. The second-order valence-electron chi connectivity index (χ2n) is 5.79. The highest BCUT2D eigenvalue weighted by Crippen LogP contribution is 2.15. The lowest BCUT2D eigenvalue weighted by atomic mass is 10.1. The van der Waals surface area contributed by atoms with E-state index in [9.17, 15) is 9.59 Å². The number of carbonyl (C=O) groups is 1. The number of fused-ring (bicyclic) bond motifs is 2. The van der Waals surface area contributed by atoms with Crippen LogP contribution in [0.15, 0.2) is 59.7 Å². The van der Waals surface area contributed by atoms with Crippen molar-refractivity contribution in [2.45, 2.75) is 20.1 Å². The standard InChI is InChI=1S/C19H16N4O3/c1-2-23-18(24)15-8-4-3-7-14(15)17(21-23)19(25)26-12-13-11-22-10-6-5-9-16(22)20-13/h3-11H,2,12H2,1H3. The summed E-state index contributed by atoms with van der Waals surface area (Å²) in [6.07, 6.45) is 3.68. The zero-order chi connectivity index (χ0) is 18.1. The fraction of sp³-hybridized carbons (Fsp3) is 0.158. The minimum Gasteiger partial charge on any atom is -0.454 e. The molecule has 0 aliphatic carbocycles. The number of pyridine rings is 1. The predicted molar refractivity (Wildman–Crippen MR) is 96.0 cm³/mol. The minimum absolute atomic E-state index is 0.0295. The molecule has 0 amide bonds. The van der Waals surface area contributed by atoms with Crippen molar-refractivity contribution in [3.8, 4) is 0 Å². The molecule has 0 bridgehead atoms. The number of hydrogen-bond donors (Lipinski definition) is 0. The Kier molecular flexibility index (Phi) is 3.96. The second kappa shape index (κ2) is 6.44. The van der Waals surface area contributed by atoms with Crippen LogP contribution in [0.2, 0.25) is 0 Å². The van der Waals surface area contributed by atoms with Gasteiger partial charge in [0.1, 0.15) is 12.3 Å². The number of rotatable bonds is 4. The Hall–Kier alpha value is -3.48. The van der Waals surface area contributed by atoms with Gasteiger partial charge in [0, 0.05) is 24.3 Å². The van der Waals surface area contributed by atoms with Gasteiger partial charge in [0.25, 0.3) is 5.56 Å². The molecular weight excluding hydrogens is 332 g/mol. The highest BCUT2D eigenvalue weighted by Gasteiger charge is 2.18. The van der Waals surface area contributed by atoms with Crippen LogP contribution in [0.25, 0.3) is 16.4 Å². The van der Waals surface area contributed by atoms with Crippen LogP contribution in [0, 0.1) is 0 Å². The van der Waals surface area contributed by atoms with Gasteiger partial charge in [-0.15, -0.1) is 0 Å². The molecule has 3 aromatic heterocycles. The van der Waals surface area contributed by atoms with E-state index in [0.29, 0.717) is 23.0 Å². The first kappa shape index (κ1) is 16.0. The van der Waals surface area contributed by atoms with E-state index < -0.39 is 5.97 Å². The highest BCUT2D eigenvalue weighted by molar-refractivity contribution is 6.02. The number of nitrogens with zero attached hydrogens (tertiary/aromatic N) is 4. The van der Waals surface area contributed by atoms with Crippen LogP contribution >= 0.6 is 0 Å². The number of aryl methyl sites for hydroxylation is 1. The summed E-state index contributed by atoms with van der Waals surface area (Å²) in [6.45, 7) is 2.20. The summed E-state index contributed by atoms with van der Waals surface area (Å²) in [5.74, 6) is -0.583. The quantitative estimate of drug-likeness (QED) is 0.529. The minimum atomic E-state index is -0.583. The van der Waals surface area contributed by atoms with Gasteiger partial charge in [-0.25, -0.2) is 14.5 Å². The molecule has 4 aromatic rings. The molecular formula is C19H16N4O3. The molecule has 0 unspecified atom stereocenters. The van der Waals surface area contributed by atoms with Gasteiger partial charge in [0.2, 0.25) is 0 Å². The van der Waals surface area contributed by atoms with Crippen molar-refractivity contribution < 1.29 is 9.53 Å². The predicted octanol–water partition coefficient (Wildman–Crippen LogP) is 2.42. The van der Waals surface area contributed by atoms with Crippen LogP contribution in [0.3, 0.4) is 0 Å². The van der Waals surface area contributed by atoms with E-state index >= 15 is 0 Å². The fourth-order valence-electron chi connectivity index (χ4n) is 2.86. The van der Waals surface area contributed by atoms with Crippen molar-refractivity contribution in [2.24, 2.45) is 0 Å². The first-order valence-corrected chi connectivity index (χ1v) is 8.27. The van der Waals surface area contributed by atoms with E-state index in [1.165, 1.54) is 4.68 Å². The molecule has 0 aliphatic heterocycles. The summed E-state index contributed by atoms with van der Waals surface area (Å²) >= 11 is 0. The molecule has 0 aliphatic rings. The zero-order valence-electron chi connectivity index (χ0n) is 14.1. The van der Waals surface area contributed by atoms with Gasteiger partial charge in [-0.05, 0) is 25.1 Å². The van der Waals surface area contributed by atoms with Crippen molar-refractivity contribution in [2.75, 3.05) is 0 Å². The molecule has 0 atom stereocenters. The normalized spacial score (nSPS) is 11.1. The Morgan fingerprint density at radius 1 is 1.12 bits per heavy atom. The van der Waals surface area contributed by atoms with Gasteiger partial charge in [0.15, 0.2) is 5.69 Å². The van der Waals surface area contributed by atoms with Crippen molar-refractivity contribution in [3.63, 3.8) is 0 Å². The van der Waals surface area contributed by atoms with Gasteiger partial charge in [-0.3, -0.25) is 4.79 Å². The van der Waals surface area contributed by atoms with Gasteiger partial charge in [-0.2, -0.15) is 5.10 Å². The summed E-state index contributed by atoms with van der Waals surface area (Å²) in [4.78, 5) is 29.3. The van der Waals surface area contributed by atoms with Gasteiger partial charge >= 0.3 is 5.97 Å². The number of aromatic nitrogens is 4. The maximum Gasteiger partial charge on any atom is 0.359 e. The van der Waals surface area contributed by atoms with Crippen molar-refractivity contribution in [1.29, 1.82) is 0 Å². The lowest BCUT2D eigenvalue weighted by molar-refractivity contribution is 0.0461. The number of carbonyl (C=O) groups excluding carboxylic acids is 1. The summed E-state index contributed by atoms with van der Waals surface area (Å²) < 4.78 is 8.52. The summed E-state index contributed by atoms with van der Waals surface area (Å²) in [6, 6.07) is 12.6. The summed E-state index contributed by atoms with van der Waals surface area (Å²) in [5, 5.41) is 5.11. The van der Waals surface area contributed by atoms with Crippen LogP contribution in [0.1, 0.15) is 23.1 Å². The van der Waals surface area contributed by atoms with E-state index in [2.05, 4.69) is 10.1 Å². The van der Waals surface area contributed by atoms with E-state index in [-0.39, 0.29) is 17.9 Å². The Bertz CT molecular complexity index is 1140. The average molecular weight is 348 g/mol. The number of hydrogen-bond acceptors (Lipinski definition) is 5. The van der Waals surface area contributed by atoms with Crippen LogP contribution in [0.4, 0.5) is 0 Å². The summed E-state index contributed by atoms with van der Waals surface area (Å²) in [7, 11) is 0. The molecule has 0 radical (unpaired) electrons. The first-order valence-electron chi connectivity index (χ1n) is 8.27. The maximum atomic E-state index is 12.6. The number of benzene rings is 1. The molecule has 0 saturated heterocycles. The van der Waals surface area contributed by atoms with Gasteiger partial charge in [0.05, 0.1) is 11.1 Å². The largest absolute Gasteiger partial charge is 0.454 e.